The summed E-state index contributed by atoms with van der Waals surface area (Å²) in [4.78, 5) is 26.2. The van der Waals surface area contributed by atoms with Crippen LogP contribution in [0.3, 0.4) is 0 Å². The zero-order valence-electron chi connectivity index (χ0n) is 12.6. The molecule has 1 aromatic carbocycles. The molecule has 0 aliphatic carbocycles. The summed E-state index contributed by atoms with van der Waals surface area (Å²) in [7, 11) is 0. The quantitative estimate of drug-likeness (QED) is 0.911. The molecule has 0 radical (unpaired) electrons. The van der Waals surface area contributed by atoms with Crippen molar-refractivity contribution in [2.45, 2.75) is 26.2 Å². The Labute approximate surface area is 140 Å². The molecule has 4 nitrogen and oxygen atoms in total. The van der Waals surface area contributed by atoms with E-state index in [1.165, 1.54) is 0 Å². The number of benzene rings is 1. The molecule has 1 fully saturated rings. The summed E-state index contributed by atoms with van der Waals surface area (Å²) in [5.74, 6) is -0.0416. The van der Waals surface area contributed by atoms with Gasteiger partial charge in [0.15, 0.2) is 0 Å². The van der Waals surface area contributed by atoms with Crippen LogP contribution < -0.4 is 5.32 Å². The monoisotopic (exact) mass is 342 g/mol. The van der Waals surface area contributed by atoms with Crippen LogP contribution in [0.5, 0.6) is 0 Å². The van der Waals surface area contributed by atoms with Crippen molar-refractivity contribution >= 4 is 35.0 Å². The van der Waals surface area contributed by atoms with Gasteiger partial charge in [0.25, 0.3) is 5.91 Å². The summed E-state index contributed by atoms with van der Waals surface area (Å²) in [5.41, 5.74) is 0.419. The maximum atomic E-state index is 12.5. The van der Waals surface area contributed by atoms with Gasteiger partial charge in [-0.25, -0.2) is 0 Å². The SMILES string of the molecule is CCCNC(=O)C1CCN(C(=O)c2cc(Cl)ccc2Cl)CC1. The van der Waals surface area contributed by atoms with Gasteiger partial charge in [-0.3, -0.25) is 9.59 Å². The van der Waals surface area contributed by atoms with E-state index in [4.69, 9.17) is 23.2 Å². The topological polar surface area (TPSA) is 49.4 Å². The number of halogens is 2. The van der Waals surface area contributed by atoms with E-state index < -0.39 is 0 Å². The molecule has 1 N–H and O–H groups in total. The number of likely N-dealkylation sites (tertiary alicyclic amines) is 1. The molecule has 1 aromatic rings. The van der Waals surface area contributed by atoms with Crippen molar-refractivity contribution in [2.75, 3.05) is 19.6 Å². The number of rotatable bonds is 4. The Bertz CT molecular complexity index is 555. The third kappa shape index (κ3) is 4.14. The Morgan fingerprint density at radius 1 is 1.27 bits per heavy atom. The predicted molar refractivity (Wildman–Crippen MR) is 88.4 cm³/mol. The summed E-state index contributed by atoms with van der Waals surface area (Å²) in [6.07, 6.45) is 2.29. The van der Waals surface area contributed by atoms with Gasteiger partial charge in [0.05, 0.1) is 10.6 Å². The lowest BCUT2D eigenvalue weighted by Gasteiger charge is -2.31. The summed E-state index contributed by atoms with van der Waals surface area (Å²) in [6, 6.07) is 4.87. The smallest absolute Gasteiger partial charge is 0.255 e. The Balaban J connectivity index is 1.95. The third-order valence-corrected chi connectivity index (χ3v) is 4.43. The number of hydrogen-bond acceptors (Lipinski definition) is 2. The van der Waals surface area contributed by atoms with Crippen LogP contribution in [-0.2, 0) is 4.79 Å². The highest BCUT2D eigenvalue weighted by atomic mass is 35.5. The second kappa shape index (κ2) is 7.84. The normalized spacial score (nSPS) is 15.7. The third-order valence-electron chi connectivity index (χ3n) is 3.86. The van der Waals surface area contributed by atoms with Crippen LogP contribution in [0.2, 0.25) is 10.0 Å². The molecular weight excluding hydrogens is 323 g/mol. The van der Waals surface area contributed by atoms with Crippen LogP contribution in [0.25, 0.3) is 0 Å². The zero-order valence-corrected chi connectivity index (χ0v) is 14.1. The molecular formula is C16H20Cl2N2O2. The highest BCUT2D eigenvalue weighted by molar-refractivity contribution is 6.35. The maximum absolute atomic E-state index is 12.5. The van der Waals surface area contributed by atoms with Gasteiger partial charge in [0.1, 0.15) is 0 Å². The van der Waals surface area contributed by atoms with E-state index in [-0.39, 0.29) is 17.7 Å². The lowest BCUT2D eigenvalue weighted by molar-refractivity contribution is -0.126. The van der Waals surface area contributed by atoms with Gasteiger partial charge in [0, 0.05) is 30.6 Å². The lowest BCUT2D eigenvalue weighted by atomic mass is 9.95. The highest BCUT2D eigenvalue weighted by Gasteiger charge is 2.28. The molecule has 0 saturated carbocycles. The first-order valence-corrected chi connectivity index (χ1v) is 8.30. The molecule has 0 aromatic heterocycles. The second-order valence-corrected chi connectivity index (χ2v) is 6.33. The molecule has 2 rings (SSSR count). The molecule has 0 atom stereocenters. The second-order valence-electron chi connectivity index (χ2n) is 5.48. The van der Waals surface area contributed by atoms with Crippen molar-refractivity contribution in [3.05, 3.63) is 33.8 Å². The number of hydrogen-bond donors (Lipinski definition) is 1. The van der Waals surface area contributed by atoms with Crippen molar-refractivity contribution in [3.63, 3.8) is 0 Å². The van der Waals surface area contributed by atoms with E-state index >= 15 is 0 Å². The van der Waals surface area contributed by atoms with Crippen LogP contribution in [0.4, 0.5) is 0 Å². The predicted octanol–water partition coefficient (Wildman–Crippen LogP) is 3.37. The fourth-order valence-corrected chi connectivity index (χ4v) is 2.94. The minimum absolute atomic E-state index is 0.00886. The van der Waals surface area contributed by atoms with Crippen molar-refractivity contribution in [3.8, 4) is 0 Å². The summed E-state index contributed by atoms with van der Waals surface area (Å²) < 4.78 is 0. The summed E-state index contributed by atoms with van der Waals surface area (Å²) in [5, 5.41) is 3.80. The highest BCUT2D eigenvalue weighted by Crippen LogP contribution is 2.25. The van der Waals surface area contributed by atoms with E-state index in [1.807, 2.05) is 6.92 Å². The summed E-state index contributed by atoms with van der Waals surface area (Å²) in [6.45, 7) is 3.85. The van der Waals surface area contributed by atoms with Crippen LogP contribution in [-0.4, -0.2) is 36.3 Å². The van der Waals surface area contributed by atoms with Crippen LogP contribution in [0, 0.1) is 5.92 Å². The van der Waals surface area contributed by atoms with Crippen LogP contribution >= 0.6 is 23.2 Å². The van der Waals surface area contributed by atoms with E-state index in [1.54, 1.807) is 23.1 Å². The number of piperidine rings is 1. The van der Waals surface area contributed by atoms with E-state index in [0.29, 0.717) is 48.1 Å². The molecule has 0 spiro atoms. The number of nitrogens with zero attached hydrogens (tertiary/aromatic N) is 1. The number of nitrogens with one attached hydrogen (secondary N) is 1. The first-order chi connectivity index (χ1) is 10.5. The molecule has 6 heteroatoms. The van der Waals surface area contributed by atoms with Crippen molar-refractivity contribution in [1.29, 1.82) is 0 Å². The van der Waals surface area contributed by atoms with E-state index in [0.717, 1.165) is 6.42 Å². The van der Waals surface area contributed by atoms with Gasteiger partial charge in [-0.05, 0) is 37.5 Å². The molecule has 1 aliphatic heterocycles. The van der Waals surface area contributed by atoms with E-state index in [9.17, 15) is 9.59 Å². The Hall–Kier alpha value is -1.26. The average Bonchev–Trinajstić information content (AvgIpc) is 2.54. The fourth-order valence-electron chi connectivity index (χ4n) is 2.57. The van der Waals surface area contributed by atoms with Gasteiger partial charge in [-0.2, -0.15) is 0 Å². The van der Waals surface area contributed by atoms with Gasteiger partial charge in [0.2, 0.25) is 5.91 Å². The first kappa shape index (κ1) is 17.1. The Morgan fingerprint density at radius 3 is 2.59 bits per heavy atom. The number of amides is 2. The molecule has 2 amide bonds. The van der Waals surface area contributed by atoms with E-state index in [2.05, 4.69) is 5.32 Å². The van der Waals surface area contributed by atoms with Crippen molar-refractivity contribution < 1.29 is 9.59 Å². The molecule has 120 valence electrons. The molecule has 22 heavy (non-hydrogen) atoms. The summed E-state index contributed by atoms with van der Waals surface area (Å²) >= 11 is 12.0. The first-order valence-electron chi connectivity index (χ1n) is 7.55. The maximum Gasteiger partial charge on any atom is 0.255 e. The number of carbonyl (C=O) groups excluding carboxylic acids is 2. The minimum Gasteiger partial charge on any atom is -0.356 e. The zero-order chi connectivity index (χ0) is 16.1. The van der Waals surface area contributed by atoms with Gasteiger partial charge < -0.3 is 10.2 Å². The van der Waals surface area contributed by atoms with Gasteiger partial charge >= 0.3 is 0 Å². The molecule has 0 unspecified atom stereocenters. The number of carbonyl (C=O) groups is 2. The fraction of sp³-hybridized carbons (Fsp3) is 0.500. The van der Waals surface area contributed by atoms with Crippen molar-refractivity contribution in [2.24, 2.45) is 5.92 Å². The van der Waals surface area contributed by atoms with Gasteiger partial charge in [-0.15, -0.1) is 0 Å². The Morgan fingerprint density at radius 2 is 1.95 bits per heavy atom. The van der Waals surface area contributed by atoms with Crippen LogP contribution in [0.15, 0.2) is 18.2 Å². The molecule has 1 aliphatic rings. The molecule has 1 saturated heterocycles. The Kier molecular flexibility index (Phi) is 6.09. The van der Waals surface area contributed by atoms with Gasteiger partial charge in [-0.1, -0.05) is 30.1 Å². The molecule has 0 bridgehead atoms. The van der Waals surface area contributed by atoms with Crippen LogP contribution in [0.1, 0.15) is 36.5 Å². The standard InChI is InChI=1S/C16H20Cl2N2O2/c1-2-7-19-15(21)11-5-8-20(9-6-11)16(22)13-10-12(17)3-4-14(13)18/h3-4,10-11H,2,5-9H2,1H3,(H,19,21). The average molecular weight is 343 g/mol. The largest absolute Gasteiger partial charge is 0.356 e. The minimum atomic E-state index is -0.125. The molecule has 1 heterocycles. The van der Waals surface area contributed by atoms with Crippen molar-refractivity contribution in [1.82, 2.24) is 10.2 Å². The lowest BCUT2D eigenvalue weighted by Crippen LogP contribution is -2.43.